The van der Waals surface area contributed by atoms with Crippen LogP contribution >= 0.6 is 0 Å². The first-order valence-electron chi connectivity index (χ1n) is 9.18. The Morgan fingerprint density at radius 2 is 1.85 bits per heavy atom. The maximum atomic E-state index is 12.8. The predicted molar refractivity (Wildman–Crippen MR) is 97.9 cm³/mol. The molecule has 1 aromatic carbocycles. The van der Waals surface area contributed by atoms with E-state index < -0.39 is 0 Å². The molecule has 1 aliphatic carbocycles. The van der Waals surface area contributed by atoms with Crippen LogP contribution in [0.1, 0.15) is 28.8 Å². The molecule has 26 heavy (non-hydrogen) atoms. The van der Waals surface area contributed by atoms with Gasteiger partial charge >= 0.3 is 0 Å². The second-order valence-corrected chi connectivity index (χ2v) is 7.18. The van der Waals surface area contributed by atoms with Crippen LogP contribution in [-0.2, 0) is 11.3 Å². The molecule has 0 N–H and O–H groups in total. The zero-order valence-electron chi connectivity index (χ0n) is 15.0. The molecule has 3 atom stereocenters. The highest BCUT2D eigenvalue weighted by Crippen LogP contribution is 2.40. The highest BCUT2D eigenvalue weighted by Gasteiger charge is 2.43. The van der Waals surface area contributed by atoms with Gasteiger partial charge < -0.3 is 14.4 Å². The molecule has 1 aromatic heterocycles. The van der Waals surface area contributed by atoms with Crippen LogP contribution < -0.4 is 4.74 Å². The number of hydrogen-bond acceptors (Lipinski definition) is 4. The van der Waals surface area contributed by atoms with E-state index in [4.69, 9.17) is 9.47 Å². The molecule has 2 fully saturated rings. The van der Waals surface area contributed by atoms with Gasteiger partial charge in [-0.05, 0) is 42.4 Å². The molecule has 5 nitrogen and oxygen atoms in total. The Hall–Kier alpha value is -2.40. The molecule has 2 heterocycles. The maximum Gasteiger partial charge on any atom is 0.259 e. The Bertz CT molecular complexity index is 751. The van der Waals surface area contributed by atoms with Gasteiger partial charge in [-0.2, -0.15) is 0 Å². The van der Waals surface area contributed by atoms with Crippen LogP contribution in [0, 0.1) is 11.8 Å². The summed E-state index contributed by atoms with van der Waals surface area (Å²) in [5.74, 6) is 1.48. The molecule has 1 saturated carbocycles. The van der Waals surface area contributed by atoms with Crippen molar-refractivity contribution in [2.24, 2.45) is 11.8 Å². The predicted octanol–water partition coefficient (Wildman–Crippen LogP) is 3.16. The molecular weight excluding hydrogens is 328 g/mol. The molecule has 2 aromatic rings. The van der Waals surface area contributed by atoms with E-state index >= 15 is 0 Å². The number of aromatic nitrogens is 1. The summed E-state index contributed by atoms with van der Waals surface area (Å²) < 4.78 is 11.3. The molecule has 1 saturated heterocycles. The fourth-order valence-electron chi connectivity index (χ4n) is 4.22. The van der Waals surface area contributed by atoms with Gasteiger partial charge in [0, 0.05) is 19.3 Å². The molecule has 1 amide bonds. The molecule has 0 bridgehead atoms. The number of hydrogen-bond donors (Lipinski definition) is 0. The number of likely N-dealkylation sites (tertiary alicyclic amines) is 1. The number of carbonyl (C=O) groups is 1. The lowest BCUT2D eigenvalue weighted by molar-refractivity contribution is 0.0367. The standard InChI is InChI=1S/C21H24N2O3/c1-25-20-19(8-5-9-22-20)21(24)23-12-16-10-18(11-17(16)13-23)26-14-15-6-3-2-4-7-15/h2-9,16-18H,10-14H2,1H3/t16-,17+,18?. The van der Waals surface area contributed by atoms with Crippen LogP contribution in [0.4, 0.5) is 0 Å². The zero-order chi connectivity index (χ0) is 17.9. The molecule has 4 rings (SSSR count). The van der Waals surface area contributed by atoms with Gasteiger partial charge in [-0.25, -0.2) is 4.98 Å². The topological polar surface area (TPSA) is 51.7 Å². The molecular formula is C21H24N2O3. The summed E-state index contributed by atoms with van der Waals surface area (Å²) in [5.41, 5.74) is 1.76. The number of rotatable bonds is 5. The number of carbonyl (C=O) groups excluding carboxylic acids is 1. The molecule has 0 spiro atoms. The molecule has 1 unspecified atom stereocenters. The summed E-state index contributed by atoms with van der Waals surface area (Å²) in [6, 6.07) is 13.9. The molecule has 0 radical (unpaired) electrons. The van der Waals surface area contributed by atoms with E-state index in [1.54, 1.807) is 25.4 Å². The van der Waals surface area contributed by atoms with E-state index in [0.717, 1.165) is 25.9 Å². The van der Waals surface area contributed by atoms with Crippen molar-refractivity contribution in [3.63, 3.8) is 0 Å². The van der Waals surface area contributed by atoms with Crippen molar-refractivity contribution in [1.29, 1.82) is 0 Å². The van der Waals surface area contributed by atoms with Crippen LogP contribution in [0.15, 0.2) is 48.7 Å². The average molecular weight is 352 g/mol. The quantitative estimate of drug-likeness (QED) is 0.829. The van der Waals surface area contributed by atoms with E-state index in [1.165, 1.54) is 5.56 Å². The van der Waals surface area contributed by atoms with Crippen molar-refractivity contribution in [1.82, 2.24) is 9.88 Å². The highest BCUT2D eigenvalue weighted by atomic mass is 16.5. The van der Waals surface area contributed by atoms with E-state index in [1.807, 2.05) is 23.1 Å². The Morgan fingerprint density at radius 3 is 2.54 bits per heavy atom. The number of pyridine rings is 1. The summed E-state index contributed by atoms with van der Waals surface area (Å²) >= 11 is 0. The molecule has 1 aliphatic heterocycles. The Balaban J connectivity index is 1.33. The van der Waals surface area contributed by atoms with Gasteiger partial charge in [0.2, 0.25) is 5.88 Å². The molecule has 5 heteroatoms. The van der Waals surface area contributed by atoms with Crippen molar-refractivity contribution in [3.8, 4) is 5.88 Å². The Morgan fingerprint density at radius 1 is 1.12 bits per heavy atom. The second-order valence-electron chi connectivity index (χ2n) is 7.18. The van der Waals surface area contributed by atoms with Crippen LogP contribution in [0.3, 0.4) is 0 Å². The molecule has 2 aliphatic rings. The first kappa shape index (κ1) is 17.0. The Kier molecular flexibility index (Phi) is 4.89. The number of methoxy groups -OCH3 is 1. The van der Waals surface area contributed by atoms with Crippen molar-refractivity contribution in [3.05, 3.63) is 59.8 Å². The van der Waals surface area contributed by atoms with Gasteiger partial charge in [0.25, 0.3) is 5.91 Å². The van der Waals surface area contributed by atoms with E-state index in [2.05, 4.69) is 17.1 Å². The number of nitrogens with zero attached hydrogens (tertiary/aromatic N) is 2. The van der Waals surface area contributed by atoms with Crippen LogP contribution in [0.2, 0.25) is 0 Å². The normalized spacial score (nSPS) is 24.5. The lowest BCUT2D eigenvalue weighted by Gasteiger charge is -2.20. The summed E-state index contributed by atoms with van der Waals surface area (Å²) in [7, 11) is 1.55. The Labute approximate surface area is 153 Å². The third-order valence-electron chi connectivity index (χ3n) is 5.52. The van der Waals surface area contributed by atoms with Crippen molar-refractivity contribution in [2.75, 3.05) is 20.2 Å². The number of ether oxygens (including phenoxy) is 2. The average Bonchev–Trinajstić information content (AvgIpc) is 3.25. The van der Waals surface area contributed by atoms with Crippen molar-refractivity contribution in [2.45, 2.75) is 25.6 Å². The fraction of sp³-hybridized carbons (Fsp3) is 0.429. The number of benzene rings is 1. The first-order chi connectivity index (χ1) is 12.7. The second kappa shape index (κ2) is 7.46. The van der Waals surface area contributed by atoms with Gasteiger partial charge in [-0.1, -0.05) is 30.3 Å². The fourth-order valence-corrected chi connectivity index (χ4v) is 4.22. The molecule has 136 valence electrons. The van der Waals surface area contributed by atoms with E-state index in [-0.39, 0.29) is 5.91 Å². The minimum absolute atomic E-state index is 0.0195. The summed E-state index contributed by atoms with van der Waals surface area (Å²) in [6.07, 6.45) is 4.01. The van der Waals surface area contributed by atoms with Crippen LogP contribution in [0.5, 0.6) is 5.88 Å². The largest absolute Gasteiger partial charge is 0.480 e. The first-order valence-corrected chi connectivity index (χ1v) is 9.18. The van der Waals surface area contributed by atoms with Crippen LogP contribution in [-0.4, -0.2) is 42.1 Å². The van der Waals surface area contributed by atoms with Gasteiger partial charge in [0.15, 0.2) is 0 Å². The van der Waals surface area contributed by atoms with Gasteiger partial charge in [-0.3, -0.25) is 4.79 Å². The lowest BCUT2D eigenvalue weighted by atomic mass is 10.0. The summed E-state index contributed by atoms with van der Waals surface area (Å²) in [5, 5.41) is 0. The number of fused-ring (bicyclic) bond motifs is 1. The van der Waals surface area contributed by atoms with E-state index in [9.17, 15) is 4.79 Å². The lowest BCUT2D eigenvalue weighted by Crippen LogP contribution is -2.31. The SMILES string of the molecule is COc1ncccc1C(=O)N1C[C@H]2CC(OCc3ccccc3)C[C@H]2C1. The summed E-state index contributed by atoms with van der Waals surface area (Å²) in [4.78, 5) is 18.9. The highest BCUT2D eigenvalue weighted by molar-refractivity contribution is 5.96. The van der Waals surface area contributed by atoms with E-state index in [0.29, 0.717) is 36.0 Å². The van der Waals surface area contributed by atoms with Gasteiger partial charge in [0.05, 0.1) is 19.8 Å². The van der Waals surface area contributed by atoms with Crippen molar-refractivity contribution < 1.29 is 14.3 Å². The minimum atomic E-state index is 0.0195. The number of amides is 1. The summed E-state index contributed by atoms with van der Waals surface area (Å²) in [6.45, 7) is 2.26. The van der Waals surface area contributed by atoms with Gasteiger partial charge in [0.1, 0.15) is 5.56 Å². The minimum Gasteiger partial charge on any atom is -0.480 e. The smallest absolute Gasteiger partial charge is 0.259 e. The monoisotopic (exact) mass is 352 g/mol. The maximum absolute atomic E-state index is 12.8. The third kappa shape index (κ3) is 3.44. The van der Waals surface area contributed by atoms with Crippen molar-refractivity contribution >= 4 is 5.91 Å². The zero-order valence-corrected chi connectivity index (χ0v) is 15.0. The van der Waals surface area contributed by atoms with Crippen LogP contribution in [0.25, 0.3) is 0 Å². The van der Waals surface area contributed by atoms with Gasteiger partial charge in [-0.15, -0.1) is 0 Å². The third-order valence-corrected chi connectivity index (χ3v) is 5.52.